The van der Waals surface area contributed by atoms with Gasteiger partial charge in [-0.3, -0.25) is 4.98 Å². The zero-order valence-corrected chi connectivity index (χ0v) is 18.6. The summed E-state index contributed by atoms with van der Waals surface area (Å²) < 4.78 is 38.0. The van der Waals surface area contributed by atoms with Crippen molar-refractivity contribution in [3.63, 3.8) is 0 Å². The Kier molecular flexibility index (Phi) is 7.49. The lowest BCUT2D eigenvalue weighted by Gasteiger charge is -2.26. The van der Waals surface area contributed by atoms with E-state index in [0.717, 1.165) is 11.3 Å². The second-order valence-electron chi connectivity index (χ2n) is 7.39. The van der Waals surface area contributed by atoms with Gasteiger partial charge < -0.3 is 14.8 Å². The maximum absolute atomic E-state index is 12.7. The number of benzene rings is 2. The van der Waals surface area contributed by atoms with Crippen LogP contribution in [0.2, 0.25) is 0 Å². The van der Waals surface area contributed by atoms with Gasteiger partial charge in [0, 0.05) is 25.8 Å². The molecule has 1 aliphatic heterocycles. The fourth-order valence-corrected chi connectivity index (χ4v) is 5.01. The monoisotopic (exact) mass is 453 g/mol. The van der Waals surface area contributed by atoms with E-state index in [9.17, 15) is 8.42 Å². The standard InChI is InChI=1S/C24H27N3O4S/c28-32(29,27-15-18-30-19-16-27)22-11-9-21(10-12-22)31-17-14-26-24(20-6-2-1-3-7-20)23-8-4-5-13-25-23/h1-13,24,26H,14-19H2. The molecular formula is C24H27N3O4S. The van der Waals surface area contributed by atoms with Crippen molar-refractivity contribution in [2.75, 3.05) is 39.5 Å². The van der Waals surface area contributed by atoms with Crippen molar-refractivity contribution < 1.29 is 17.9 Å². The average molecular weight is 454 g/mol. The lowest BCUT2D eigenvalue weighted by atomic mass is 10.0. The van der Waals surface area contributed by atoms with Crippen LogP contribution in [-0.4, -0.2) is 57.2 Å². The van der Waals surface area contributed by atoms with Crippen LogP contribution in [0.4, 0.5) is 0 Å². The maximum Gasteiger partial charge on any atom is 0.243 e. The molecule has 168 valence electrons. The molecule has 7 nitrogen and oxygen atoms in total. The van der Waals surface area contributed by atoms with Crippen LogP contribution < -0.4 is 10.1 Å². The van der Waals surface area contributed by atoms with Gasteiger partial charge in [0.2, 0.25) is 10.0 Å². The Bertz CT molecular complexity index is 1030. The molecule has 0 bridgehead atoms. The molecule has 0 saturated carbocycles. The molecule has 1 aliphatic rings. The normalized spacial score (nSPS) is 15.9. The number of hydrogen-bond donors (Lipinski definition) is 1. The predicted molar refractivity (Wildman–Crippen MR) is 122 cm³/mol. The molecule has 2 heterocycles. The zero-order valence-electron chi connectivity index (χ0n) is 17.8. The average Bonchev–Trinajstić information content (AvgIpc) is 2.86. The third kappa shape index (κ3) is 5.52. The smallest absolute Gasteiger partial charge is 0.243 e. The van der Waals surface area contributed by atoms with Gasteiger partial charge in [0.05, 0.1) is 29.8 Å². The van der Waals surface area contributed by atoms with Gasteiger partial charge in [0.25, 0.3) is 0 Å². The van der Waals surface area contributed by atoms with Crippen LogP contribution in [0.3, 0.4) is 0 Å². The maximum atomic E-state index is 12.7. The number of sulfonamides is 1. The summed E-state index contributed by atoms with van der Waals surface area (Å²) in [5.74, 6) is 0.627. The van der Waals surface area contributed by atoms with Crippen molar-refractivity contribution >= 4 is 10.0 Å². The summed E-state index contributed by atoms with van der Waals surface area (Å²) in [4.78, 5) is 4.76. The summed E-state index contributed by atoms with van der Waals surface area (Å²) in [6.07, 6.45) is 1.79. The Labute approximate surface area is 189 Å². The SMILES string of the molecule is O=S(=O)(c1ccc(OCCNC(c2ccccc2)c2ccccn2)cc1)N1CCOCC1. The van der Waals surface area contributed by atoms with E-state index in [1.165, 1.54) is 4.31 Å². The van der Waals surface area contributed by atoms with E-state index in [4.69, 9.17) is 9.47 Å². The number of hydrogen-bond acceptors (Lipinski definition) is 6. The molecule has 2 aromatic carbocycles. The van der Waals surface area contributed by atoms with Gasteiger partial charge in [-0.2, -0.15) is 4.31 Å². The molecule has 0 spiro atoms. The Hall–Kier alpha value is -2.78. The van der Waals surface area contributed by atoms with Crippen LogP contribution in [0.5, 0.6) is 5.75 Å². The van der Waals surface area contributed by atoms with Crippen LogP contribution in [0, 0.1) is 0 Å². The van der Waals surface area contributed by atoms with Gasteiger partial charge in [-0.25, -0.2) is 8.42 Å². The summed E-state index contributed by atoms with van der Waals surface area (Å²) in [5, 5.41) is 3.50. The first-order chi connectivity index (χ1) is 15.6. The van der Waals surface area contributed by atoms with Gasteiger partial charge in [-0.1, -0.05) is 36.4 Å². The third-order valence-electron chi connectivity index (χ3n) is 5.27. The van der Waals surface area contributed by atoms with Crippen LogP contribution >= 0.6 is 0 Å². The Morgan fingerprint density at radius 3 is 2.38 bits per heavy atom. The van der Waals surface area contributed by atoms with E-state index in [0.29, 0.717) is 45.2 Å². The zero-order chi connectivity index (χ0) is 22.2. The van der Waals surface area contributed by atoms with Gasteiger partial charge in [-0.05, 0) is 42.0 Å². The van der Waals surface area contributed by atoms with Gasteiger partial charge >= 0.3 is 0 Å². The van der Waals surface area contributed by atoms with Crippen molar-refractivity contribution in [3.05, 3.63) is 90.3 Å². The molecule has 3 aromatic rings. The predicted octanol–water partition coefficient (Wildman–Crippen LogP) is 2.86. The molecule has 1 aromatic heterocycles. The van der Waals surface area contributed by atoms with Gasteiger partial charge in [0.1, 0.15) is 12.4 Å². The largest absolute Gasteiger partial charge is 0.492 e. The topological polar surface area (TPSA) is 80.8 Å². The van der Waals surface area contributed by atoms with Gasteiger partial charge in [-0.15, -0.1) is 0 Å². The molecule has 0 radical (unpaired) electrons. The molecule has 1 unspecified atom stereocenters. The first kappa shape index (κ1) is 22.4. The van der Waals surface area contributed by atoms with E-state index >= 15 is 0 Å². The highest BCUT2D eigenvalue weighted by Crippen LogP contribution is 2.21. The number of nitrogens with one attached hydrogen (secondary N) is 1. The summed E-state index contributed by atoms with van der Waals surface area (Å²) in [7, 11) is -3.50. The highest BCUT2D eigenvalue weighted by atomic mass is 32.2. The van der Waals surface area contributed by atoms with Crippen molar-refractivity contribution in [2.24, 2.45) is 0 Å². The minimum Gasteiger partial charge on any atom is -0.492 e. The second-order valence-corrected chi connectivity index (χ2v) is 9.33. The lowest BCUT2D eigenvalue weighted by Crippen LogP contribution is -2.40. The van der Waals surface area contributed by atoms with E-state index in [1.807, 2.05) is 36.4 Å². The molecule has 1 N–H and O–H groups in total. The minimum absolute atomic E-state index is 0.0398. The molecule has 0 amide bonds. The second kappa shape index (κ2) is 10.7. The molecule has 32 heavy (non-hydrogen) atoms. The lowest BCUT2D eigenvalue weighted by molar-refractivity contribution is 0.0730. The van der Waals surface area contributed by atoms with Crippen LogP contribution in [-0.2, 0) is 14.8 Å². The summed E-state index contributed by atoms with van der Waals surface area (Å²) in [6, 6.07) is 22.6. The minimum atomic E-state index is -3.50. The number of ether oxygens (including phenoxy) is 2. The molecule has 1 atom stereocenters. The Morgan fingerprint density at radius 2 is 1.69 bits per heavy atom. The van der Waals surface area contributed by atoms with Crippen LogP contribution in [0.1, 0.15) is 17.3 Å². The molecule has 0 aliphatic carbocycles. The summed E-state index contributed by atoms with van der Waals surface area (Å²) in [6.45, 7) is 2.65. The number of pyridine rings is 1. The summed E-state index contributed by atoms with van der Waals surface area (Å²) >= 11 is 0. The van der Waals surface area contributed by atoms with Crippen molar-refractivity contribution in [1.29, 1.82) is 0 Å². The number of rotatable bonds is 9. The van der Waals surface area contributed by atoms with E-state index in [-0.39, 0.29) is 10.9 Å². The molecule has 1 saturated heterocycles. The fraction of sp³-hybridized carbons (Fsp3) is 0.292. The van der Waals surface area contributed by atoms with Gasteiger partial charge in [0.15, 0.2) is 0 Å². The highest BCUT2D eigenvalue weighted by molar-refractivity contribution is 7.89. The van der Waals surface area contributed by atoms with Crippen molar-refractivity contribution in [1.82, 2.24) is 14.6 Å². The highest BCUT2D eigenvalue weighted by Gasteiger charge is 2.26. The first-order valence-corrected chi connectivity index (χ1v) is 12.1. The molecule has 8 heteroatoms. The Morgan fingerprint density at radius 1 is 0.969 bits per heavy atom. The Balaban J connectivity index is 1.33. The molecule has 1 fully saturated rings. The van der Waals surface area contributed by atoms with Crippen LogP contribution in [0.15, 0.2) is 83.9 Å². The van der Waals surface area contributed by atoms with E-state index in [2.05, 4.69) is 22.4 Å². The third-order valence-corrected chi connectivity index (χ3v) is 7.18. The molecular weight excluding hydrogens is 426 g/mol. The van der Waals surface area contributed by atoms with Crippen molar-refractivity contribution in [2.45, 2.75) is 10.9 Å². The van der Waals surface area contributed by atoms with Crippen molar-refractivity contribution in [3.8, 4) is 5.75 Å². The number of aromatic nitrogens is 1. The van der Waals surface area contributed by atoms with E-state index < -0.39 is 10.0 Å². The van der Waals surface area contributed by atoms with E-state index in [1.54, 1.807) is 30.5 Å². The quantitative estimate of drug-likeness (QED) is 0.502. The number of morpholine rings is 1. The van der Waals surface area contributed by atoms with Crippen LogP contribution in [0.25, 0.3) is 0 Å². The number of nitrogens with zero attached hydrogens (tertiary/aromatic N) is 2. The summed E-state index contributed by atoms with van der Waals surface area (Å²) in [5.41, 5.74) is 2.07. The first-order valence-electron chi connectivity index (χ1n) is 10.6. The fourth-order valence-electron chi connectivity index (χ4n) is 3.60. The molecule has 4 rings (SSSR count).